The zero-order chi connectivity index (χ0) is 14.8. The molecule has 0 bridgehead atoms. The van der Waals surface area contributed by atoms with Gasteiger partial charge in [0.15, 0.2) is 5.78 Å². The number of para-hydroxylation sites is 2. The first-order chi connectivity index (χ1) is 10.1. The van der Waals surface area contributed by atoms with E-state index in [1.165, 1.54) is 16.2 Å². The van der Waals surface area contributed by atoms with Gasteiger partial charge >= 0.3 is 0 Å². The number of amides is 1. The van der Waals surface area contributed by atoms with Crippen LogP contribution in [0.25, 0.3) is 0 Å². The van der Waals surface area contributed by atoms with Crippen molar-refractivity contribution in [1.29, 1.82) is 0 Å². The van der Waals surface area contributed by atoms with Crippen LogP contribution >= 0.6 is 27.3 Å². The third kappa shape index (κ3) is 3.01. The molecule has 0 aliphatic carbocycles. The number of carbonyl (C=O) groups is 2. The van der Waals surface area contributed by atoms with Gasteiger partial charge in [-0.1, -0.05) is 12.1 Å². The molecule has 108 valence electrons. The largest absolute Gasteiger partial charge is 0.491 e. The van der Waals surface area contributed by atoms with Crippen molar-refractivity contribution in [2.75, 3.05) is 18.1 Å². The molecule has 0 N–H and O–H groups in total. The minimum absolute atomic E-state index is 0.0339. The van der Waals surface area contributed by atoms with Gasteiger partial charge < -0.3 is 9.64 Å². The molecule has 1 aromatic carbocycles. The molecule has 21 heavy (non-hydrogen) atoms. The Kier molecular flexibility index (Phi) is 4.07. The molecule has 4 nitrogen and oxygen atoms in total. The lowest BCUT2D eigenvalue weighted by atomic mass is 10.2. The first-order valence-electron chi connectivity index (χ1n) is 6.46. The van der Waals surface area contributed by atoms with Crippen molar-refractivity contribution >= 4 is 44.6 Å². The van der Waals surface area contributed by atoms with Crippen LogP contribution in [0.15, 0.2) is 40.2 Å². The van der Waals surface area contributed by atoms with Crippen molar-refractivity contribution in [2.45, 2.75) is 6.42 Å². The normalized spacial score (nSPS) is 14.3. The van der Waals surface area contributed by atoms with Crippen LogP contribution in [0, 0.1) is 0 Å². The highest BCUT2D eigenvalue weighted by molar-refractivity contribution is 9.11. The molecule has 6 heteroatoms. The van der Waals surface area contributed by atoms with Crippen molar-refractivity contribution in [1.82, 2.24) is 0 Å². The Labute approximate surface area is 134 Å². The predicted octanol–water partition coefficient (Wildman–Crippen LogP) is 3.51. The molecule has 0 unspecified atom stereocenters. The molecule has 1 aliphatic rings. The molecular formula is C15H12BrNO3S. The van der Waals surface area contributed by atoms with E-state index in [4.69, 9.17) is 4.74 Å². The number of fused-ring (bicyclic) bond motifs is 1. The monoisotopic (exact) mass is 365 g/mol. The van der Waals surface area contributed by atoms with E-state index in [2.05, 4.69) is 15.9 Å². The molecular weight excluding hydrogens is 354 g/mol. The summed E-state index contributed by atoms with van der Waals surface area (Å²) < 4.78 is 6.46. The van der Waals surface area contributed by atoms with E-state index in [0.717, 1.165) is 3.79 Å². The highest BCUT2D eigenvalue weighted by atomic mass is 79.9. The highest BCUT2D eigenvalue weighted by Crippen LogP contribution is 2.31. The van der Waals surface area contributed by atoms with E-state index >= 15 is 0 Å². The standard InChI is InChI=1S/C15H12BrNO3S/c16-14-6-5-13(21-14)11(18)9-17-10-3-1-2-4-12(10)20-8-7-15(17)19/h1-6H,7-9H2. The van der Waals surface area contributed by atoms with Crippen molar-refractivity contribution in [2.24, 2.45) is 0 Å². The molecule has 1 amide bonds. The number of rotatable bonds is 3. The van der Waals surface area contributed by atoms with Crippen LogP contribution in [0.1, 0.15) is 16.1 Å². The molecule has 2 aromatic rings. The number of hydrogen-bond acceptors (Lipinski definition) is 4. The maximum absolute atomic E-state index is 12.3. The van der Waals surface area contributed by atoms with Gasteiger partial charge in [0.25, 0.3) is 0 Å². The zero-order valence-electron chi connectivity index (χ0n) is 11.0. The maximum atomic E-state index is 12.3. The number of benzene rings is 1. The summed E-state index contributed by atoms with van der Waals surface area (Å²) in [7, 11) is 0. The Morgan fingerprint density at radius 2 is 2.10 bits per heavy atom. The van der Waals surface area contributed by atoms with E-state index in [1.54, 1.807) is 12.1 Å². The van der Waals surface area contributed by atoms with Crippen LogP contribution in [0.5, 0.6) is 5.75 Å². The Balaban J connectivity index is 1.89. The second-order valence-electron chi connectivity index (χ2n) is 4.57. The van der Waals surface area contributed by atoms with Crippen LogP contribution in [-0.4, -0.2) is 24.8 Å². The van der Waals surface area contributed by atoms with Crippen LogP contribution < -0.4 is 9.64 Å². The molecule has 0 atom stereocenters. The average molecular weight is 366 g/mol. The molecule has 1 aromatic heterocycles. The second kappa shape index (κ2) is 5.99. The summed E-state index contributed by atoms with van der Waals surface area (Å²) in [5.74, 6) is 0.475. The Morgan fingerprint density at radius 3 is 2.86 bits per heavy atom. The van der Waals surface area contributed by atoms with Crippen molar-refractivity contribution in [3.8, 4) is 5.75 Å². The Hall–Kier alpha value is -1.66. The predicted molar refractivity (Wildman–Crippen MR) is 85.3 cm³/mol. The number of Topliss-reactive ketones (excluding diaryl/α,β-unsaturated/α-hetero) is 1. The quantitative estimate of drug-likeness (QED) is 0.781. The fourth-order valence-corrected chi connectivity index (χ4v) is 3.49. The zero-order valence-corrected chi connectivity index (χ0v) is 13.4. The molecule has 1 aliphatic heterocycles. The third-order valence-electron chi connectivity index (χ3n) is 3.18. The van der Waals surface area contributed by atoms with Gasteiger partial charge in [0.05, 0.1) is 33.9 Å². The van der Waals surface area contributed by atoms with Gasteiger partial charge in [-0.05, 0) is 40.2 Å². The number of anilines is 1. The number of ketones is 1. The number of carbonyl (C=O) groups excluding carboxylic acids is 2. The number of ether oxygens (including phenoxy) is 1. The van der Waals surface area contributed by atoms with Gasteiger partial charge in [0, 0.05) is 0 Å². The van der Waals surface area contributed by atoms with E-state index in [-0.39, 0.29) is 24.7 Å². The summed E-state index contributed by atoms with van der Waals surface area (Å²) in [5, 5.41) is 0. The van der Waals surface area contributed by atoms with Crippen molar-refractivity contribution < 1.29 is 14.3 Å². The second-order valence-corrected chi connectivity index (χ2v) is 7.04. The smallest absolute Gasteiger partial charge is 0.230 e. The van der Waals surface area contributed by atoms with Gasteiger partial charge in [0.2, 0.25) is 5.91 Å². The third-order valence-corrected chi connectivity index (χ3v) is 4.85. The lowest BCUT2D eigenvalue weighted by Gasteiger charge is -2.20. The van der Waals surface area contributed by atoms with Gasteiger partial charge in [0.1, 0.15) is 5.75 Å². The number of halogens is 1. The summed E-state index contributed by atoms with van der Waals surface area (Å²) in [6.07, 6.45) is 0.274. The maximum Gasteiger partial charge on any atom is 0.230 e. The lowest BCUT2D eigenvalue weighted by Crippen LogP contribution is -2.35. The van der Waals surface area contributed by atoms with E-state index in [1.807, 2.05) is 24.3 Å². The van der Waals surface area contributed by atoms with Crippen LogP contribution in [0.4, 0.5) is 5.69 Å². The molecule has 2 heterocycles. The van der Waals surface area contributed by atoms with Gasteiger partial charge in [-0.2, -0.15) is 0 Å². The summed E-state index contributed by atoms with van der Waals surface area (Å²) in [4.78, 5) is 26.7. The van der Waals surface area contributed by atoms with Crippen LogP contribution in [0.3, 0.4) is 0 Å². The molecule has 3 rings (SSSR count). The van der Waals surface area contributed by atoms with E-state index in [0.29, 0.717) is 22.9 Å². The minimum atomic E-state index is -0.0936. The summed E-state index contributed by atoms with van der Waals surface area (Å²) in [6, 6.07) is 10.9. The Bertz CT molecular complexity index is 698. The first-order valence-corrected chi connectivity index (χ1v) is 8.07. The molecule has 0 saturated heterocycles. The Morgan fingerprint density at radius 1 is 1.29 bits per heavy atom. The average Bonchev–Trinajstić information content (AvgIpc) is 2.85. The van der Waals surface area contributed by atoms with Gasteiger partial charge in [-0.25, -0.2) is 0 Å². The summed E-state index contributed by atoms with van der Waals surface area (Å²) in [5.41, 5.74) is 0.656. The lowest BCUT2D eigenvalue weighted by molar-refractivity contribution is -0.118. The number of nitrogens with zero attached hydrogens (tertiary/aromatic N) is 1. The minimum Gasteiger partial charge on any atom is -0.491 e. The molecule has 0 saturated carbocycles. The van der Waals surface area contributed by atoms with Crippen molar-refractivity contribution in [3.63, 3.8) is 0 Å². The summed E-state index contributed by atoms with van der Waals surface area (Å²) >= 11 is 4.71. The van der Waals surface area contributed by atoms with Gasteiger partial charge in [-0.15, -0.1) is 11.3 Å². The van der Waals surface area contributed by atoms with Crippen LogP contribution in [0.2, 0.25) is 0 Å². The van der Waals surface area contributed by atoms with Crippen molar-refractivity contribution in [3.05, 3.63) is 45.1 Å². The topological polar surface area (TPSA) is 46.6 Å². The molecule has 0 spiro atoms. The fourth-order valence-electron chi connectivity index (χ4n) is 2.18. The fraction of sp³-hybridized carbons (Fsp3) is 0.200. The SMILES string of the molecule is O=C(CN1C(=O)CCOc2ccccc21)c1ccc(Br)s1. The molecule has 0 radical (unpaired) electrons. The number of hydrogen-bond donors (Lipinski definition) is 0. The highest BCUT2D eigenvalue weighted by Gasteiger charge is 2.25. The van der Waals surface area contributed by atoms with Crippen LogP contribution in [-0.2, 0) is 4.79 Å². The van der Waals surface area contributed by atoms with E-state index in [9.17, 15) is 9.59 Å². The summed E-state index contributed by atoms with van der Waals surface area (Å²) in [6.45, 7) is 0.372. The first kappa shape index (κ1) is 14.3. The number of thiophene rings is 1. The molecule has 0 fully saturated rings. The van der Waals surface area contributed by atoms with E-state index < -0.39 is 0 Å². The van der Waals surface area contributed by atoms with Gasteiger partial charge in [-0.3, -0.25) is 9.59 Å².